The number of rotatable bonds is 8. The minimum Gasteiger partial charge on any atom is -0.379 e. The summed E-state index contributed by atoms with van der Waals surface area (Å²) in [4.78, 5) is 14.8. The molecule has 1 aliphatic heterocycles. The van der Waals surface area contributed by atoms with E-state index in [-0.39, 0.29) is 23.0 Å². The minimum absolute atomic E-state index is 0.0744. The summed E-state index contributed by atoms with van der Waals surface area (Å²) in [6, 6.07) is 14.4. The summed E-state index contributed by atoms with van der Waals surface area (Å²) in [6.07, 6.45) is 0.873. The molecule has 156 valence electrons. The third-order valence-electron chi connectivity index (χ3n) is 5.04. The molecule has 3 rings (SSSR count). The molecule has 1 aliphatic rings. The maximum absolute atomic E-state index is 12.4. The predicted octanol–water partition coefficient (Wildman–Crippen LogP) is 2.67. The zero-order valence-corrected chi connectivity index (χ0v) is 17.6. The smallest absolute Gasteiger partial charge is 0.225 e. The SMILES string of the molecule is Cc1ccc(S(=O)(=O)CCC(=O)Nc2ccc(CCN3CCOCC3)cc2)cc1. The van der Waals surface area contributed by atoms with Gasteiger partial charge in [-0.05, 0) is 43.2 Å². The molecule has 2 aromatic carbocycles. The molecule has 0 bridgehead atoms. The van der Waals surface area contributed by atoms with Gasteiger partial charge in [-0.1, -0.05) is 29.8 Å². The van der Waals surface area contributed by atoms with Crippen LogP contribution in [0, 0.1) is 6.92 Å². The average molecular weight is 417 g/mol. The first kappa shape index (κ1) is 21.5. The molecular formula is C22H28N2O4S. The summed E-state index contributed by atoms with van der Waals surface area (Å²) in [7, 11) is -3.46. The second-order valence-electron chi connectivity index (χ2n) is 7.33. The zero-order valence-electron chi connectivity index (χ0n) is 16.8. The molecular weight excluding hydrogens is 388 g/mol. The van der Waals surface area contributed by atoms with Crippen LogP contribution in [-0.4, -0.2) is 57.8 Å². The van der Waals surface area contributed by atoms with Crippen LogP contribution in [0.5, 0.6) is 0 Å². The van der Waals surface area contributed by atoms with Crippen molar-refractivity contribution < 1.29 is 17.9 Å². The van der Waals surface area contributed by atoms with Gasteiger partial charge in [0, 0.05) is 31.7 Å². The third-order valence-corrected chi connectivity index (χ3v) is 6.77. The molecule has 29 heavy (non-hydrogen) atoms. The lowest BCUT2D eigenvalue weighted by molar-refractivity contribution is -0.115. The van der Waals surface area contributed by atoms with Crippen molar-refractivity contribution in [3.63, 3.8) is 0 Å². The molecule has 0 unspecified atom stereocenters. The molecule has 0 aliphatic carbocycles. The summed E-state index contributed by atoms with van der Waals surface area (Å²) in [6.45, 7) is 6.43. The lowest BCUT2D eigenvalue weighted by Gasteiger charge is -2.26. The van der Waals surface area contributed by atoms with Crippen molar-refractivity contribution in [2.75, 3.05) is 43.9 Å². The number of carbonyl (C=O) groups is 1. The third kappa shape index (κ3) is 6.66. The van der Waals surface area contributed by atoms with Crippen molar-refractivity contribution in [2.45, 2.75) is 24.7 Å². The van der Waals surface area contributed by atoms with Gasteiger partial charge in [0.05, 0.1) is 23.9 Å². The minimum atomic E-state index is -3.46. The molecule has 1 saturated heterocycles. The lowest BCUT2D eigenvalue weighted by atomic mass is 10.1. The van der Waals surface area contributed by atoms with E-state index in [0.717, 1.165) is 44.8 Å². The van der Waals surface area contributed by atoms with E-state index >= 15 is 0 Å². The van der Waals surface area contributed by atoms with E-state index in [1.54, 1.807) is 24.3 Å². The second kappa shape index (κ2) is 10.0. The van der Waals surface area contributed by atoms with Crippen LogP contribution in [0.1, 0.15) is 17.5 Å². The van der Waals surface area contributed by atoms with E-state index in [9.17, 15) is 13.2 Å². The number of carbonyl (C=O) groups excluding carboxylic acids is 1. The van der Waals surface area contributed by atoms with Gasteiger partial charge in [-0.2, -0.15) is 0 Å². The molecule has 0 aromatic heterocycles. The Balaban J connectivity index is 1.45. The molecule has 6 nitrogen and oxygen atoms in total. The van der Waals surface area contributed by atoms with Crippen molar-refractivity contribution in [1.29, 1.82) is 0 Å². The number of aryl methyl sites for hydroxylation is 1. The topological polar surface area (TPSA) is 75.7 Å². The molecule has 1 fully saturated rings. The Morgan fingerprint density at radius 3 is 2.34 bits per heavy atom. The number of hydrogen-bond donors (Lipinski definition) is 1. The van der Waals surface area contributed by atoms with Crippen molar-refractivity contribution in [3.8, 4) is 0 Å². The van der Waals surface area contributed by atoms with Gasteiger partial charge < -0.3 is 10.1 Å². The molecule has 0 saturated carbocycles. The number of anilines is 1. The summed E-state index contributed by atoms with van der Waals surface area (Å²) in [5.74, 6) is -0.513. The first-order chi connectivity index (χ1) is 13.9. The van der Waals surface area contributed by atoms with E-state index in [4.69, 9.17) is 4.74 Å². The molecule has 1 amide bonds. The highest BCUT2D eigenvalue weighted by atomic mass is 32.2. The van der Waals surface area contributed by atoms with E-state index in [1.165, 1.54) is 5.56 Å². The molecule has 0 radical (unpaired) electrons. The van der Waals surface area contributed by atoms with Gasteiger partial charge in [0.2, 0.25) is 5.91 Å². The Morgan fingerprint density at radius 1 is 1.03 bits per heavy atom. The lowest BCUT2D eigenvalue weighted by Crippen LogP contribution is -2.37. The Morgan fingerprint density at radius 2 is 1.69 bits per heavy atom. The summed E-state index contributed by atoms with van der Waals surface area (Å²) >= 11 is 0. The fraction of sp³-hybridized carbons (Fsp3) is 0.409. The first-order valence-electron chi connectivity index (χ1n) is 9.91. The number of ether oxygens (including phenoxy) is 1. The maximum atomic E-state index is 12.4. The van der Waals surface area contributed by atoms with Crippen LogP contribution < -0.4 is 5.32 Å². The first-order valence-corrected chi connectivity index (χ1v) is 11.6. The second-order valence-corrected chi connectivity index (χ2v) is 9.44. The predicted molar refractivity (Wildman–Crippen MR) is 114 cm³/mol. The largest absolute Gasteiger partial charge is 0.379 e. The summed E-state index contributed by atoms with van der Waals surface area (Å²) < 4.78 is 30.1. The number of nitrogens with one attached hydrogen (secondary N) is 1. The number of nitrogens with zero attached hydrogens (tertiary/aromatic N) is 1. The molecule has 0 spiro atoms. The molecule has 1 N–H and O–H groups in total. The van der Waals surface area contributed by atoms with Crippen LogP contribution in [0.15, 0.2) is 53.4 Å². The van der Waals surface area contributed by atoms with Crippen LogP contribution in [0.4, 0.5) is 5.69 Å². The van der Waals surface area contributed by atoms with E-state index in [0.29, 0.717) is 5.69 Å². The Bertz CT molecular complexity index is 903. The number of morpholine rings is 1. The van der Waals surface area contributed by atoms with Crippen LogP contribution in [0.25, 0.3) is 0 Å². The van der Waals surface area contributed by atoms with Crippen LogP contribution in [0.2, 0.25) is 0 Å². The van der Waals surface area contributed by atoms with E-state index in [2.05, 4.69) is 10.2 Å². The average Bonchev–Trinajstić information content (AvgIpc) is 2.73. The number of sulfone groups is 1. The van der Waals surface area contributed by atoms with Gasteiger partial charge in [0.1, 0.15) is 0 Å². The molecule has 7 heteroatoms. The Labute approximate surface area is 172 Å². The Hall–Kier alpha value is -2.22. The summed E-state index contributed by atoms with van der Waals surface area (Å²) in [5, 5.41) is 2.78. The van der Waals surface area contributed by atoms with E-state index < -0.39 is 9.84 Å². The number of benzene rings is 2. The van der Waals surface area contributed by atoms with Gasteiger partial charge >= 0.3 is 0 Å². The fourth-order valence-corrected chi connectivity index (χ4v) is 4.42. The van der Waals surface area contributed by atoms with Crippen molar-refractivity contribution in [2.24, 2.45) is 0 Å². The van der Waals surface area contributed by atoms with Crippen molar-refractivity contribution >= 4 is 21.4 Å². The number of hydrogen-bond acceptors (Lipinski definition) is 5. The quantitative estimate of drug-likeness (QED) is 0.716. The normalized spacial score (nSPS) is 15.2. The molecule has 0 atom stereocenters. The van der Waals surface area contributed by atoms with E-state index in [1.807, 2.05) is 31.2 Å². The highest BCUT2D eigenvalue weighted by Crippen LogP contribution is 2.15. The van der Waals surface area contributed by atoms with Crippen LogP contribution in [0.3, 0.4) is 0 Å². The fourth-order valence-electron chi connectivity index (χ4n) is 3.18. The highest BCUT2D eigenvalue weighted by molar-refractivity contribution is 7.91. The van der Waals surface area contributed by atoms with Crippen molar-refractivity contribution in [1.82, 2.24) is 4.90 Å². The molecule has 2 aromatic rings. The van der Waals surface area contributed by atoms with Crippen molar-refractivity contribution in [3.05, 3.63) is 59.7 Å². The van der Waals surface area contributed by atoms with Gasteiger partial charge in [-0.3, -0.25) is 9.69 Å². The van der Waals surface area contributed by atoms with Gasteiger partial charge in [-0.15, -0.1) is 0 Å². The Kier molecular flexibility index (Phi) is 7.41. The summed E-state index contributed by atoms with van der Waals surface area (Å²) in [5.41, 5.74) is 2.88. The van der Waals surface area contributed by atoms with Crippen LogP contribution >= 0.6 is 0 Å². The van der Waals surface area contributed by atoms with Crippen LogP contribution in [-0.2, 0) is 25.8 Å². The van der Waals surface area contributed by atoms with Gasteiger partial charge in [0.25, 0.3) is 0 Å². The van der Waals surface area contributed by atoms with Gasteiger partial charge in [-0.25, -0.2) is 8.42 Å². The number of amides is 1. The highest BCUT2D eigenvalue weighted by Gasteiger charge is 2.16. The standard InChI is InChI=1S/C22H28N2O4S/c1-18-2-8-21(9-3-18)29(26,27)17-11-22(25)23-20-6-4-19(5-7-20)10-12-24-13-15-28-16-14-24/h2-9H,10-17H2,1H3,(H,23,25). The zero-order chi connectivity index (χ0) is 20.7. The van der Waals surface area contributed by atoms with Gasteiger partial charge in [0.15, 0.2) is 9.84 Å². The maximum Gasteiger partial charge on any atom is 0.225 e. The molecule has 1 heterocycles. The monoisotopic (exact) mass is 416 g/mol.